The molecular weight excluding hydrogens is 606 g/mol. The molecule has 180 valence electrons. The summed E-state index contributed by atoms with van der Waals surface area (Å²) in [6, 6.07) is 11.5. The number of hydrogen-bond acceptors (Lipinski definition) is 7. The van der Waals surface area contributed by atoms with Gasteiger partial charge in [0.25, 0.3) is 5.91 Å². The molecule has 0 atom stereocenters. The van der Waals surface area contributed by atoms with Gasteiger partial charge in [-0.05, 0) is 63.8 Å². The molecule has 1 fully saturated rings. The van der Waals surface area contributed by atoms with E-state index in [1.54, 1.807) is 19.3 Å². The molecule has 1 heterocycles. The molecule has 2 aromatic carbocycles. The van der Waals surface area contributed by atoms with Gasteiger partial charge in [0.15, 0.2) is 11.5 Å². The lowest BCUT2D eigenvalue weighted by atomic mass is 10.1. The fraction of sp³-hybridized carbons (Fsp3) is 0.292. The minimum Gasteiger partial charge on any atom is -0.493 e. The van der Waals surface area contributed by atoms with Crippen molar-refractivity contribution in [3.05, 3.63) is 61.4 Å². The average Bonchev–Trinajstić information content (AvgIpc) is 3.08. The van der Waals surface area contributed by atoms with Crippen LogP contribution in [0.2, 0.25) is 0 Å². The van der Waals surface area contributed by atoms with E-state index in [9.17, 15) is 9.59 Å². The van der Waals surface area contributed by atoms with Crippen LogP contribution < -0.4 is 9.47 Å². The van der Waals surface area contributed by atoms with Gasteiger partial charge in [0.1, 0.15) is 10.9 Å². The highest BCUT2D eigenvalue weighted by Gasteiger charge is 2.32. The lowest BCUT2D eigenvalue weighted by molar-refractivity contribution is -0.143. The molecule has 34 heavy (non-hydrogen) atoms. The summed E-state index contributed by atoms with van der Waals surface area (Å²) in [4.78, 5) is 26.6. The molecule has 3 rings (SSSR count). The van der Waals surface area contributed by atoms with E-state index in [-0.39, 0.29) is 24.8 Å². The van der Waals surface area contributed by atoms with Crippen molar-refractivity contribution < 1.29 is 23.8 Å². The molecule has 0 N–H and O–H groups in total. The number of nitrogens with zero attached hydrogens (tertiary/aromatic N) is 1. The van der Waals surface area contributed by atoms with Crippen LogP contribution in [0, 0.1) is 0 Å². The normalized spacial score (nSPS) is 14.6. The summed E-state index contributed by atoms with van der Waals surface area (Å²) >= 11 is 13.5. The quantitative estimate of drug-likeness (QED) is 0.173. The molecule has 2 aromatic rings. The third kappa shape index (κ3) is 7.07. The van der Waals surface area contributed by atoms with Crippen molar-refractivity contribution in [1.82, 2.24) is 4.90 Å². The Labute approximate surface area is 225 Å². The third-order valence-electron chi connectivity index (χ3n) is 4.73. The Morgan fingerprint density at radius 1 is 1.21 bits per heavy atom. The number of thioether (sulfide) groups is 1. The van der Waals surface area contributed by atoms with Crippen LogP contribution in [-0.2, 0) is 20.9 Å². The molecule has 0 spiro atoms. The van der Waals surface area contributed by atoms with Crippen molar-refractivity contribution in [3.8, 4) is 11.5 Å². The number of thiocarbonyl (C=S) groups is 1. The number of amides is 1. The van der Waals surface area contributed by atoms with Crippen LogP contribution in [0.4, 0.5) is 0 Å². The Kier molecular flexibility index (Phi) is 9.99. The maximum absolute atomic E-state index is 12.9. The highest BCUT2D eigenvalue weighted by Crippen LogP contribution is 2.39. The van der Waals surface area contributed by atoms with Crippen molar-refractivity contribution in [3.63, 3.8) is 0 Å². The van der Waals surface area contributed by atoms with Gasteiger partial charge >= 0.3 is 5.97 Å². The van der Waals surface area contributed by atoms with E-state index >= 15 is 0 Å². The van der Waals surface area contributed by atoms with E-state index in [0.29, 0.717) is 38.4 Å². The van der Waals surface area contributed by atoms with Crippen LogP contribution >= 0.6 is 55.8 Å². The molecule has 0 saturated carbocycles. The Hall–Kier alpha value is -1.88. The lowest BCUT2D eigenvalue weighted by Gasteiger charge is -2.14. The van der Waals surface area contributed by atoms with E-state index in [1.807, 2.05) is 37.3 Å². The number of benzene rings is 2. The summed E-state index contributed by atoms with van der Waals surface area (Å²) in [5.74, 6) is 0.531. The highest BCUT2D eigenvalue weighted by atomic mass is 79.9. The second kappa shape index (κ2) is 12.7. The second-order valence-electron chi connectivity index (χ2n) is 7.25. The number of halogens is 2. The molecule has 10 heteroatoms. The van der Waals surface area contributed by atoms with Gasteiger partial charge in [-0.25, -0.2) is 0 Å². The van der Waals surface area contributed by atoms with Crippen molar-refractivity contribution >= 4 is 78.1 Å². The van der Waals surface area contributed by atoms with Crippen LogP contribution in [-0.4, -0.2) is 41.4 Å². The smallest absolute Gasteiger partial charge is 0.307 e. The predicted octanol–water partition coefficient (Wildman–Crippen LogP) is 6.34. The molecular formula is C24H23Br2NO5S2. The molecule has 0 unspecified atom stereocenters. The largest absolute Gasteiger partial charge is 0.493 e. The van der Waals surface area contributed by atoms with Crippen LogP contribution in [0.25, 0.3) is 6.08 Å². The Morgan fingerprint density at radius 3 is 2.62 bits per heavy atom. The van der Waals surface area contributed by atoms with E-state index in [0.717, 1.165) is 22.0 Å². The summed E-state index contributed by atoms with van der Waals surface area (Å²) in [7, 11) is 1.56. The topological polar surface area (TPSA) is 65.1 Å². The molecule has 1 amide bonds. The maximum Gasteiger partial charge on any atom is 0.307 e. The number of ether oxygens (including phenoxy) is 3. The second-order valence-corrected chi connectivity index (χ2v) is 10.7. The van der Waals surface area contributed by atoms with E-state index in [2.05, 4.69) is 31.9 Å². The molecule has 0 radical (unpaired) electrons. The zero-order valence-electron chi connectivity index (χ0n) is 18.6. The highest BCUT2D eigenvalue weighted by molar-refractivity contribution is 9.10. The van der Waals surface area contributed by atoms with Gasteiger partial charge in [0.05, 0.1) is 29.5 Å². The number of esters is 1. The van der Waals surface area contributed by atoms with E-state index in [1.165, 1.54) is 16.7 Å². The average molecular weight is 629 g/mol. The maximum atomic E-state index is 12.9. The first-order valence-corrected chi connectivity index (χ1v) is 13.3. The zero-order valence-corrected chi connectivity index (χ0v) is 23.4. The SMILES string of the molecule is CCCOC(=O)CCN1C(=O)/C(=C\c2cc(Br)c(OCc3ccc(Br)cc3)c(OC)c2)SC1=S. The Morgan fingerprint density at radius 2 is 1.94 bits per heavy atom. The van der Waals surface area contributed by atoms with Crippen molar-refractivity contribution in [2.75, 3.05) is 20.3 Å². The van der Waals surface area contributed by atoms with Gasteiger partial charge in [-0.3, -0.25) is 14.5 Å². The number of carbonyl (C=O) groups excluding carboxylic acids is 2. The third-order valence-corrected chi connectivity index (χ3v) is 7.22. The summed E-state index contributed by atoms with van der Waals surface area (Å²) in [5.41, 5.74) is 1.77. The number of carbonyl (C=O) groups is 2. The summed E-state index contributed by atoms with van der Waals surface area (Å²) < 4.78 is 18.7. The summed E-state index contributed by atoms with van der Waals surface area (Å²) in [6.07, 6.45) is 2.60. The standard InChI is InChI=1S/C24H23Br2NO5S2/c1-3-10-31-21(28)8-9-27-23(29)20(34-24(27)33)13-16-11-18(26)22(19(12-16)30-2)32-14-15-4-6-17(25)7-5-15/h4-7,11-13H,3,8-10,14H2,1-2H3/b20-13+. The zero-order chi connectivity index (χ0) is 24.7. The van der Waals surface area contributed by atoms with Gasteiger partial charge in [-0.15, -0.1) is 0 Å². The molecule has 0 aliphatic carbocycles. The minimum absolute atomic E-state index is 0.101. The first-order chi connectivity index (χ1) is 16.3. The lowest BCUT2D eigenvalue weighted by Crippen LogP contribution is -2.30. The number of methoxy groups -OCH3 is 1. The van der Waals surface area contributed by atoms with Crippen LogP contribution in [0.3, 0.4) is 0 Å². The van der Waals surface area contributed by atoms with E-state index < -0.39 is 0 Å². The Balaban J connectivity index is 1.71. The number of rotatable bonds is 10. The molecule has 6 nitrogen and oxygen atoms in total. The molecule has 1 saturated heterocycles. The molecule has 1 aliphatic heterocycles. The first kappa shape index (κ1) is 26.7. The molecule has 0 bridgehead atoms. The van der Waals surface area contributed by atoms with Crippen LogP contribution in [0.15, 0.2) is 50.2 Å². The van der Waals surface area contributed by atoms with Crippen LogP contribution in [0.1, 0.15) is 30.9 Å². The Bertz CT molecular complexity index is 1110. The van der Waals surface area contributed by atoms with Crippen molar-refractivity contribution in [1.29, 1.82) is 0 Å². The summed E-state index contributed by atoms with van der Waals surface area (Å²) in [6.45, 7) is 2.87. The van der Waals surface area contributed by atoms with Gasteiger partial charge in [0, 0.05) is 11.0 Å². The molecule has 1 aliphatic rings. The fourth-order valence-corrected chi connectivity index (χ4v) is 5.18. The number of hydrogen-bond donors (Lipinski definition) is 0. The monoisotopic (exact) mass is 627 g/mol. The van der Waals surface area contributed by atoms with Gasteiger partial charge in [-0.2, -0.15) is 0 Å². The predicted molar refractivity (Wildman–Crippen MR) is 145 cm³/mol. The van der Waals surface area contributed by atoms with Crippen LogP contribution in [0.5, 0.6) is 11.5 Å². The van der Waals surface area contributed by atoms with Gasteiger partial charge in [-0.1, -0.05) is 59.0 Å². The molecule has 0 aromatic heterocycles. The van der Waals surface area contributed by atoms with Crippen molar-refractivity contribution in [2.45, 2.75) is 26.4 Å². The summed E-state index contributed by atoms with van der Waals surface area (Å²) in [5, 5.41) is 0. The first-order valence-electron chi connectivity index (χ1n) is 10.5. The van der Waals surface area contributed by atoms with Gasteiger partial charge in [0.2, 0.25) is 0 Å². The van der Waals surface area contributed by atoms with Gasteiger partial charge < -0.3 is 14.2 Å². The fourth-order valence-electron chi connectivity index (χ4n) is 3.03. The minimum atomic E-state index is -0.340. The van der Waals surface area contributed by atoms with Crippen molar-refractivity contribution in [2.24, 2.45) is 0 Å². The van der Waals surface area contributed by atoms with E-state index in [4.69, 9.17) is 26.4 Å².